The van der Waals surface area contributed by atoms with E-state index >= 15 is 0 Å². The largest absolute Gasteiger partial charge is 0.376 e. The molecule has 0 unspecified atom stereocenters. The molecule has 0 fully saturated rings. The highest BCUT2D eigenvalue weighted by atomic mass is 79.9. The van der Waals surface area contributed by atoms with Gasteiger partial charge in [-0.05, 0) is 15.9 Å². The Balaban J connectivity index is 4.00. The lowest BCUT2D eigenvalue weighted by molar-refractivity contribution is 0.485. The van der Waals surface area contributed by atoms with Gasteiger partial charge in [0, 0.05) is 23.7 Å². The Morgan fingerprint density at radius 1 is 1.64 bits per heavy atom. The van der Waals surface area contributed by atoms with Crippen molar-refractivity contribution in [3.63, 3.8) is 0 Å². The van der Waals surface area contributed by atoms with Crippen LogP contribution in [0.5, 0.6) is 0 Å². The Hall–Kier alpha value is 0.1000. The third kappa shape index (κ3) is 4.53. The molecule has 0 aromatic carbocycles. The smallest absolute Gasteiger partial charge is 0.107 e. The Morgan fingerprint density at radius 3 is 2.64 bits per heavy atom. The van der Waals surface area contributed by atoms with Crippen molar-refractivity contribution in [2.75, 3.05) is 18.5 Å². The summed E-state index contributed by atoms with van der Waals surface area (Å²) in [6.07, 6.45) is 1.21. The van der Waals surface area contributed by atoms with Crippen LogP contribution in [-0.2, 0) is 0 Å². The molecule has 0 atom stereocenters. The zero-order valence-electron chi connectivity index (χ0n) is 5.83. The van der Waals surface area contributed by atoms with Crippen molar-refractivity contribution < 1.29 is 4.39 Å². The van der Waals surface area contributed by atoms with Gasteiger partial charge in [-0.3, -0.25) is 0 Å². The number of allylic oxidation sites excluding steroid dienone is 1. The fourth-order valence-electron chi connectivity index (χ4n) is 0.431. The third-order valence-electron chi connectivity index (χ3n) is 0.975. The maximum absolute atomic E-state index is 11.7. The van der Waals surface area contributed by atoms with E-state index in [0.29, 0.717) is 9.94 Å². The minimum atomic E-state index is -0.414. The van der Waals surface area contributed by atoms with Gasteiger partial charge in [-0.15, -0.1) is 0 Å². The SMILES string of the molecule is N=C/C(CBr)=C(/Br)NCCF. The number of hydrogen-bond acceptors (Lipinski definition) is 2. The van der Waals surface area contributed by atoms with Crippen LogP contribution in [-0.4, -0.2) is 24.8 Å². The minimum absolute atomic E-state index is 0.269. The average molecular weight is 288 g/mol. The molecular weight excluding hydrogens is 279 g/mol. The van der Waals surface area contributed by atoms with Gasteiger partial charge in [-0.1, -0.05) is 15.9 Å². The van der Waals surface area contributed by atoms with Gasteiger partial charge in [0.2, 0.25) is 0 Å². The predicted molar refractivity (Wildman–Crippen MR) is 52.5 cm³/mol. The molecule has 0 amide bonds. The molecule has 0 aromatic heterocycles. The molecule has 0 aliphatic heterocycles. The number of alkyl halides is 2. The van der Waals surface area contributed by atoms with E-state index in [4.69, 9.17) is 5.41 Å². The highest BCUT2D eigenvalue weighted by Gasteiger charge is 1.97. The van der Waals surface area contributed by atoms with Gasteiger partial charge >= 0.3 is 0 Å². The lowest BCUT2D eigenvalue weighted by Gasteiger charge is -2.04. The first kappa shape index (κ1) is 11.1. The molecule has 0 saturated heterocycles. The fraction of sp³-hybridized carbons (Fsp3) is 0.500. The molecule has 0 radical (unpaired) electrons. The zero-order valence-corrected chi connectivity index (χ0v) is 9.00. The van der Waals surface area contributed by atoms with Gasteiger partial charge in [0.15, 0.2) is 0 Å². The number of rotatable bonds is 5. The van der Waals surface area contributed by atoms with Crippen LogP contribution in [0.2, 0.25) is 0 Å². The second kappa shape index (κ2) is 6.79. The summed E-state index contributed by atoms with van der Waals surface area (Å²) >= 11 is 6.38. The highest BCUT2D eigenvalue weighted by molar-refractivity contribution is 9.11. The monoisotopic (exact) mass is 286 g/mol. The molecular formula is C6H9Br2FN2. The summed E-state index contributed by atoms with van der Waals surface area (Å²) in [7, 11) is 0. The Labute approximate surface area is 82.0 Å². The topological polar surface area (TPSA) is 35.9 Å². The van der Waals surface area contributed by atoms with Crippen LogP contribution in [0, 0.1) is 5.41 Å². The van der Waals surface area contributed by atoms with Crippen LogP contribution < -0.4 is 5.32 Å². The van der Waals surface area contributed by atoms with E-state index in [1.54, 1.807) is 0 Å². The normalized spacial score (nSPS) is 12.3. The molecule has 2 N–H and O–H groups in total. The summed E-state index contributed by atoms with van der Waals surface area (Å²) in [5, 5.41) is 10.3. The second-order valence-corrected chi connectivity index (χ2v) is 3.09. The summed E-state index contributed by atoms with van der Waals surface area (Å²) in [6.45, 7) is -0.145. The van der Waals surface area contributed by atoms with E-state index in [0.717, 1.165) is 5.57 Å². The first-order valence-corrected chi connectivity index (χ1v) is 4.92. The van der Waals surface area contributed by atoms with Crippen molar-refractivity contribution in [3.05, 3.63) is 10.2 Å². The molecule has 2 nitrogen and oxygen atoms in total. The molecule has 5 heteroatoms. The van der Waals surface area contributed by atoms with Gasteiger partial charge < -0.3 is 10.7 Å². The first-order chi connectivity index (χ1) is 5.26. The van der Waals surface area contributed by atoms with Crippen molar-refractivity contribution in [1.82, 2.24) is 5.32 Å². The molecule has 0 bridgehead atoms. The van der Waals surface area contributed by atoms with Crippen molar-refractivity contribution in [1.29, 1.82) is 5.41 Å². The molecule has 0 aromatic rings. The van der Waals surface area contributed by atoms with E-state index in [2.05, 4.69) is 37.2 Å². The van der Waals surface area contributed by atoms with Crippen LogP contribution in [0.15, 0.2) is 10.2 Å². The van der Waals surface area contributed by atoms with Gasteiger partial charge in [-0.25, -0.2) is 4.39 Å². The molecule has 0 saturated carbocycles. The van der Waals surface area contributed by atoms with Gasteiger partial charge in [-0.2, -0.15) is 0 Å². The molecule has 0 aliphatic rings. The second-order valence-electron chi connectivity index (χ2n) is 1.73. The molecule has 0 aliphatic carbocycles. The molecule has 0 heterocycles. The summed E-state index contributed by atoms with van der Waals surface area (Å²) in [4.78, 5) is 0. The van der Waals surface area contributed by atoms with Crippen LogP contribution in [0.1, 0.15) is 0 Å². The quantitative estimate of drug-likeness (QED) is 0.454. The van der Waals surface area contributed by atoms with Crippen LogP contribution in [0.25, 0.3) is 0 Å². The van der Waals surface area contributed by atoms with Gasteiger partial charge in [0.05, 0.1) is 4.61 Å². The van der Waals surface area contributed by atoms with Crippen molar-refractivity contribution >= 4 is 38.1 Å². The minimum Gasteiger partial charge on any atom is -0.376 e. The number of nitrogens with one attached hydrogen (secondary N) is 2. The average Bonchev–Trinajstić information content (AvgIpc) is 2.03. The summed E-state index contributed by atoms with van der Waals surface area (Å²) < 4.78 is 12.3. The Bertz CT molecular complexity index is 159. The lowest BCUT2D eigenvalue weighted by Crippen LogP contribution is -2.15. The maximum Gasteiger partial charge on any atom is 0.107 e. The van der Waals surface area contributed by atoms with Gasteiger partial charge in [0.1, 0.15) is 6.67 Å². The predicted octanol–water partition coefficient (Wildman–Crippen LogP) is 2.20. The molecule has 0 spiro atoms. The van der Waals surface area contributed by atoms with Crippen molar-refractivity contribution in [2.24, 2.45) is 0 Å². The van der Waals surface area contributed by atoms with E-state index in [9.17, 15) is 4.39 Å². The molecule has 11 heavy (non-hydrogen) atoms. The standard InChI is InChI=1S/C6H9Br2FN2/c7-3-5(4-10)6(8)11-2-1-9/h4,10-11H,1-3H2/b6-5-,10-4?. The van der Waals surface area contributed by atoms with Crippen molar-refractivity contribution in [2.45, 2.75) is 0 Å². The summed E-state index contributed by atoms with van der Waals surface area (Å²) in [6, 6.07) is 0. The third-order valence-corrected chi connectivity index (χ3v) is 2.37. The van der Waals surface area contributed by atoms with Crippen molar-refractivity contribution in [3.8, 4) is 0 Å². The van der Waals surface area contributed by atoms with E-state index in [-0.39, 0.29) is 6.54 Å². The number of hydrogen-bond donors (Lipinski definition) is 2. The van der Waals surface area contributed by atoms with Gasteiger partial charge in [0.25, 0.3) is 0 Å². The molecule has 64 valence electrons. The van der Waals surface area contributed by atoms with Crippen LogP contribution >= 0.6 is 31.9 Å². The van der Waals surface area contributed by atoms with E-state index < -0.39 is 6.67 Å². The zero-order chi connectivity index (χ0) is 8.69. The molecule has 0 rings (SSSR count). The maximum atomic E-state index is 11.7. The summed E-state index contributed by atoms with van der Waals surface area (Å²) in [5.74, 6) is 0. The highest BCUT2D eigenvalue weighted by Crippen LogP contribution is 2.08. The van der Waals surface area contributed by atoms with Crippen LogP contribution in [0.3, 0.4) is 0 Å². The Morgan fingerprint density at radius 2 is 2.27 bits per heavy atom. The number of halogens is 3. The van der Waals surface area contributed by atoms with E-state index in [1.165, 1.54) is 6.21 Å². The van der Waals surface area contributed by atoms with Crippen LogP contribution in [0.4, 0.5) is 4.39 Å². The first-order valence-electron chi connectivity index (χ1n) is 3.01. The fourth-order valence-corrected chi connectivity index (χ4v) is 1.70. The lowest BCUT2D eigenvalue weighted by atomic mass is 10.4. The van der Waals surface area contributed by atoms with E-state index in [1.807, 2.05) is 0 Å². The summed E-state index contributed by atoms with van der Waals surface area (Å²) in [5.41, 5.74) is 0.762. The Kier molecular flexibility index (Phi) is 6.85.